The zero-order valence-corrected chi connectivity index (χ0v) is 36.5. The number of hydrogen-bond donors (Lipinski definition) is 14. The summed E-state index contributed by atoms with van der Waals surface area (Å²) in [4.78, 5) is 47.8. The van der Waals surface area contributed by atoms with Gasteiger partial charge >= 0.3 is 22.4 Å². The molecule has 5 saturated heterocycles. The fourth-order valence-corrected chi connectivity index (χ4v) is 9.77. The SMILES string of the molecule is O=C(CCCC[C@@H]1SC[C@@H]2NC(=O)N[C@@H]21)NCCCCCC(=O)NCCO[C@@H]1O[C@H](CO)[C@H](O)[C@H](O[C@@H]2O[C@H](COS(=O)(=O)O)[C@H](O)[C@H](O[C@@H]3O[C@H](C(=O)O)[C@@H](O)[C@H](O)[C@H]3O)[C@H]2O)[C@H]1O. The van der Waals surface area contributed by atoms with Gasteiger partial charge in [-0.05, 0) is 25.7 Å². The molecule has 5 aliphatic heterocycles. The molecule has 0 aliphatic carbocycles. The van der Waals surface area contributed by atoms with Gasteiger partial charge in [0.25, 0.3) is 0 Å². The van der Waals surface area contributed by atoms with Crippen molar-refractivity contribution in [1.29, 1.82) is 0 Å². The van der Waals surface area contributed by atoms with Gasteiger partial charge in [-0.15, -0.1) is 0 Å². The molecule has 0 aromatic carbocycles. The minimum Gasteiger partial charge on any atom is -0.479 e. The van der Waals surface area contributed by atoms with Crippen LogP contribution < -0.4 is 21.3 Å². The maximum absolute atomic E-state index is 12.4. The average Bonchev–Trinajstić information content (AvgIpc) is 3.81. The van der Waals surface area contributed by atoms with E-state index in [4.69, 9.17) is 33.0 Å². The Balaban J connectivity index is 1.04. The number of nitrogens with one attached hydrogen (secondary N) is 4. The Morgan fingerprint density at radius 1 is 0.723 bits per heavy atom. The van der Waals surface area contributed by atoms with E-state index >= 15 is 0 Å². The second kappa shape index (κ2) is 24.6. The van der Waals surface area contributed by atoms with Gasteiger partial charge in [0.2, 0.25) is 11.8 Å². The predicted molar refractivity (Wildman–Crippen MR) is 214 cm³/mol. The first-order valence-corrected chi connectivity index (χ1v) is 23.5. The fraction of sp³-hybridized carbons (Fsp3) is 0.889. The lowest BCUT2D eigenvalue weighted by Crippen LogP contribution is -2.67. The van der Waals surface area contributed by atoms with Gasteiger partial charge in [0, 0.05) is 36.9 Å². The number of carboxylic acids is 1. The van der Waals surface area contributed by atoms with E-state index in [1.165, 1.54) is 0 Å². The summed E-state index contributed by atoms with van der Waals surface area (Å²) >= 11 is 1.83. The number of aliphatic hydroxyl groups is 8. The van der Waals surface area contributed by atoms with Crippen molar-refractivity contribution < 1.29 is 111 Å². The van der Waals surface area contributed by atoms with Crippen molar-refractivity contribution >= 4 is 46.0 Å². The van der Waals surface area contributed by atoms with E-state index in [-0.39, 0.29) is 49.5 Å². The van der Waals surface area contributed by atoms with Gasteiger partial charge < -0.3 is 95.6 Å². The molecule has 0 unspecified atom stereocenters. The molecule has 0 radical (unpaired) electrons. The van der Waals surface area contributed by atoms with E-state index in [9.17, 15) is 73.6 Å². The summed E-state index contributed by atoms with van der Waals surface area (Å²) < 4.78 is 68.7. The number of urea groups is 1. The number of rotatable bonds is 24. The summed E-state index contributed by atoms with van der Waals surface area (Å²) in [6.45, 7) is -1.93. The molecule has 29 heteroatoms. The number of fused-ring (bicyclic) bond motifs is 1. The third-order valence-electron chi connectivity index (χ3n) is 11.4. The lowest BCUT2D eigenvalue weighted by Gasteiger charge is -2.48. The number of carbonyl (C=O) groups excluding carboxylic acids is 3. The maximum Gasteiger partial charge on any atom is 0.397 e. The van der Waals surface area contributed by atoms with E-state index < -0.39 is 122 Å². The molecule has 5 rings (SSSR count). The minimum absolute atomic E-state index is 0.0496. The maximum atomic E-state index is 12.4. The normalized spacial score (nSPS) is 38.4. The van der Waals surface area contributed by atoms with E-state index in [2.05, 4.69) is 25.5 Å². The lowest BCUT2D eigenvalue weighted by molar-refractivity contribution is -0.378. The number of hydrogen-bond acceptors (Lipinski definition) is 22. The Morgan fingerprint density at radius 3 is 1.97 bits per heavy atom. The summed E-state index contributed by atoms with van der Waals surface area (Å²) in [7, 11) is -5.17. The average molecular weight is 981 g/mol. The molecule has 0 bridgehead atoms. The van der Waals surface area contributed by atoms with Gasteiger partial charge in [0.15, 0.2) is 25.0 Å². The topological polar surface area (TPSA) is 417 Å². The minimum atomic E-state index is -5.17. The first-order valence-electron chi connectivity index (χ1n) is 21.1. The largest absolute Gasteiger partial charge is 0.479 e. The summed E-state index contributed by atoms with van der Waals surface area (Å²) in [6, 6.07) is 0.174. The van der Waals surface area contributed by atoms with Crippen molar-refractivity contribution in [2.75, 3.05) is 38.7 Å². The Kier molecular flexibility index (Phi) is 20.1. The third kappa shape index (κ3) is 14.7. The van der Waals surface area contributed by atoms with Crippen LogP contribution in [-0.2, 0) is 57.4 Å². The van der Waals surface area contributed by atoms with Crippen molar-refractivity contribution in [2.24, 2.45) is 0 Å². The molecule has 18 atom stereocenters. The van der Waals surface area contributed by atoms with Gasteiger partial charge in [-0.1, -0.05) is 12.8 Å². The molecule has 0 aromatic heterocycles. The van der Waals surface area contributed by atoms with Crippen molar-refractivity contribution in [3.8, 4) is 0 Å². The number of carboxylic acid groups (broad SMARTS) is 1. The van der Waals surface area contributed by atoms with Crippen LogP contribution in [0, 0.1) is 0 Å². The van der Waals surface area contributed by atoms with Crippen molar-refractivity contribution in [3.05, 3.63) is 0 Å². The monoisotopic (exact) mass is 980 g/mol. The van der Waals surface area contributed by atoms with Gasteiger partial charge in [0.1, 0.15) is 67.1 Å². The van der Waals surface area contributed by atoms with E-state index in [0.717, 1.165) is 25.0 Å². The van der Waals surface area contributed by atoms with Crippen LogP contribution >= 0.6 is 11.8 Å². The summed E-state index contributed by atoms with van der Waals surface area (Å²) in [6.07, 6.45) is -25.3. The number of ether oxygens (including phenoxy) is 6. The zero-order chi connectivity index (χ0) is 47.6. The highest BCUT2D eigenvalue weighted by molar-refractivity contribution is 8.00. The first kappa shape index (κ1) is 53.3. The third-order valence-corrected chi connectivity index (χ3v) is 13.4. The number of carbonyl (C=O) groups is 4. The van der Waals surface area contributed by atoms with Crippen molar-refractivity contribution in [3.63, 3.8) is 0 Å². The van der Waals surface area contributed by atoms with Crippen LogP contribution in [0.25, 0.3) is 0 Å². The molecule has 5 aliphatic rings. The number of aliphatic hydroxyl groups excluding tert-OH is 8. The molecule has 0 spiro atoms. The van der Waals surface area contributed by atoms with Gasteiger partial charge in [-0.25, -0.2) is 13.8 Å². The smallest absolute Gasteiger partial charge is 0.397 e. The second-order valence-electron chi connectivity index (χ2n) is 16.1. The molecule has 27 nitrogen and oxygen atoms in total. The molecule has 65 heavy (non-hydrogen) atoms. The number of aliphatic carboxylic acids is 1. The van der Waals surface area contributed by atoms with Crippen LogP contribution in [0.3, 0.4) is 0 Å². The molecular formula is C36H60N4O23S2. The van der Waals surface area contributed by atoms with Crippen molar-refractivity contribution in [2.45, 2.75) is 161 Å². The Hall–Kier alpha value is -2.66. The van der Waals surface area contributed by atoms with Crippen molar-refractivity contribution in [1.82, 2.24) is 21.3 Å². The zero-order valence-electron chi connectivity index (χ0n) is 34.9. The highest BCUT2D eigenvalue weighted by atomic mass is 32.3. The Morgan fingerprint density at radius 2 is 1.32 bits per heavy atom. The summed E-state index contributed by atoms with van der Waals surface area (Å²) in [5.41, 5.74) is 0. The van der Waals surface area contributed by atoms with Gasteiger partial charge in [-0.3, -0.25) is 14.1 Å². The highest BCUT2D eigenvalue weighted by Gasteiger charge is 2.55. The number of thioether (sulfide) groups is 1. The molecule has 5 fully saturated rings. The molecule has 5 heterocycles. The standard InChI is InChI=1S/C36H60N4O23S2/c41-12-16-22(44)29(62-35-28(50)30(23(45)17(60-35)13-58-65(54,55)56)61-34-26(48)24(46)25(47)31(63-34)32(51)52)27(49)33(59-16)57-11-10-38-20(43)7-2-1-5-9-37-19(42)8-4-3-6-18-21-15(14-64-18)39-36(53)40-21/h15-18,21-31,33-35,41,44-50H,1-14H2,(H,37,42)(H,38,43)(H,51,52)(H2,39,40,53)(H,54,55,56)/t15-,16+,17+,18-,21-,22-,23-,24-,25-,26+,27+,28+,29-,30-,31-,33+,34+,35-/m0/s1. The Labute approximate surface area is 376 Å². The molecule has 4 amide bonds. The Bertz CT molecular complexity index is 1690. The molecule has 0 saturated carbocycles. The summed E-state index contributed by atoms with van der Waals surface area (Å²) in [5.74, 6) is -1.29. The van der Waals surface area contributed by atoms with Crippen LogP contribution in [0.4, 0.5) is 4.79 Å². The van der Waals surface area contributed by atoms with Crippen LogP contribution in [0.1, 0.15) is 51.4 Å². The number of unbranched alkanes of at least 4 members (excludes halogenated alkanes) is 3. The number of amides is 4. The first-order chi connectivity index (χ1) is 30.8. The molecular weight excluding hydrogens is 921 g/mol. The van der Waals surface area contributed by atoms with E-state index in [1.54, 1.807) is 0 Å². The van der Waals surface area contributed by atoms with Gasteiger partial charge in [-0.2, -0.15) is 20.2 Å². The summed E-state index contributed by atoms with van der Waals surface area (Å²) in [5, 5.41) is 106. The predicted octanol–water partition coefficient (Wildman–Crippen LogP) is -6.11. The molecule has 14 N–H and O–H groups in total. The molecule has 374 valence electrons. The van der Waals surface area contributed by atoms with E-state index in [1.807, 2.05) is 11.8 Å². The van der Waals surface area contributed by atoms with Gasteiger partial charge in [0.05, 0.1) is 31.9 Å². The van der Waals surface area contributed by atoms with Crippen LogP contribution in [0.15, 0.2) is 0 Å². The fourth-order valence-electron chi connectivity index (χ4n) is 7.92. The lowest BCUT2D eigenvalue weighted by atomic mass is 9.96. The van der Waals surface area contributed by atoms with E-state index in [0.29, 0.717) is 37.5 Å². The van der Waals surface area contributed by atoms with Crippen LogP contribution in [-0.4, -0.2) is 231 Å². The quantitative estimate of drug-likeness (QED) is 0.0243. The highest BCUT2D eigenvalue weighted by Crippen LogP contribution is 2.35. The van der Waals surface area contributed by atoms with Crippen LogP contribution in [0.2, 0.25) is 0 Å². The molecule has 0 aromatic rings. The second-order valence-corrected chi connectivity index (χ2v) is 18.5. The van der Waals surface area contributed by atoms with Crippen LogP contribution in [0.5, 0.6) is 0 Å².